The van der Waals surface area contributed by atoms with E-state index < -0.39 is 23.4 Å². The molecule has 1 atom stereocenters. The quantitative estimate of drug-likeness (QED) is 0.653. The summed E-state index contributed by atoms with van der Waals surface area (Å²) in [5, 5.41) is 5.70. The Bertz CT molecular complexity index is 865. The molecule has 0 radical (unpaired) electrons. The zero-order valence-electron chi connectivity index (χ0n) is 14.5. The van der Waals surface area contributed by atoms with Crippen LogP contribution in [0.2, 0.25) is 0 Å². The Balaban J connectivity index is 1.53. The number of nitrogens with zero attached hydrogens (tertiary/aromatic N) is 1. The number of hydrogen-bond donors (Lipinski definition) is 3. The Labute approximate surface area is 154 Å². The van der Waals surface area contributed by atoms with Crippen LogP contribution in [-0.2, 0) is 15.1 Å². The molecule has 2 aromatic rings. The Morgan fingerprint density at radius 2 is 1.89 bits per heavy atom. The van der Waals surface area contributed by atoms with Crippen molar-refractivity contribution in [1.29, 1.82) is 0 Å². The van der Waals surface area contributed by atoms with Crippen LogP contribution in [0.25, 0.3) is 0 Å². The minimum absolute atomic E-state index is 0.0542. The Morgan fingerprint density at radius 1 is 1.15 bits per heavy atom. The summed E-state index contributed by atoms with van der Waals surface area (Å²) in [6, 6.07) is 10.9. The molecule has 0 aliphatic carbocycles. The molecule has 1 fully saturated rings. The molecule has 0 saturated carbocycles. The lowest BCUT2D eigenvalue weighted by molar-refractivity contribution is -0.139. The fourth-order valence-corrected chi connectivity index (χ4v) is 2.63. The molecule has 3 rings (SSSR count). The highest BCUT2D eigenvalue weighted by atomic mass is 16.3. The molecule has 9 heteroatoms. The molecular weight excluding hydrogens is 352 g/mol. The third-order valence-corrected chi connectivity index (χ3v) is 4.11. The van der Waals surface area contributed by atoms with Crippen molar-refractivity contribution >= 4 is 23.8 Å². The summed E-state index contributed by atoms with van der Waals surface area (Å²) in [4.78, 5) is 48.6. The summed E-state index contributed by atoms with van der Waals surface area (Å²) in [6.45, 7) is 1.54. The van der Waals surface area contributed by atoms with Gasteiger partial charge in [0.1, 0.15) is 5.76 Å². The highest BCUT2D eigenvalue weighted by molar-refractivity contribution is 6.07. The highest BCUT2D eigenvalue weighted by Crippen LogP contribution is 2.28. The number of hydrogen-bond acceptors (Lipinski definition) is 5. The summed E-state index contributed by atoms with van der Waals surface area (Å²) >= 11 is 0. The Hall–Kier alpha value is -3.62. The summed E-state index contributed by atoms with van der Waals surface area (Å²) in [5.41, 5.74) is 1.33. The first-order valence-corrected chi connectivity index (χ1v) is 8.25. The molecule has 27 heavy (non-hydrogen) atoms. The van der Waals surface area contributed by atoms with Crippen LogP contribution in [0.1, 0.15) is 29.5 Å². The molecule has 9 nitrogen and oxygen atoms in total. The average molecular weight is 370 g/mol. The van der Waals surface area contributed by atoms with Crippen LogP contribution < -0.4 is 16.1 Å². The van der Waals surface area contributed by atoms with Crippen LogP contribution in [0.5, 0.6) is 0 Å². The van der Waals surface area contributed by atoms with Crippen molar-refractivity contribution in [2.75, 3.05) is 6.54 Å². The first kappa shape index (κ1) is 18.2. The van der Waals surface area contributed by atoms with Gasteiger partial charge < -0.3 is 15.1 Å². The minimum atomic E-state index is -1.39. The van der Waals surface area contributed by atoms with Gasteiger partial charge in [0.15, 0.2) is 5.54 Å². The van der Waals surface area contributed by atoms with E-state index in [1.54, 1.807) is 42.5 Å². The molecule has 3 N–H and O–H groups in total. The van der Waals surface area contributed by atoms with Gasteiger partial charge in [-0.1, -0.05) is 18.2 Å². The lowest BCUT2D eigenvalue weighted by Gasteiger charge is -2.19. The number of imide groups is 1. The second kappa shape index (κ2) is 7.32. The molecule has 5 amide bonds. The average Bonchev–Trinajstić information content (AvgIpc) is 3.27. The van der Waals surface area contributed by atoms with Crippen molar-refractivity contribution in [2.24, 2.45) is 0 Å². The van der Waals surface area contributed by atoms with Crippen molar-refractivity contribution in [1.82, 2.24) is 21.1 Å². The Morgan fingerprint density at radius 3 is 2.56 bits per heavy atom. The van der Waals surface area contributed by atoms with Gasteiger partial charge in [-0.05, 0) is 31.2 Å². The lowest BCUT2D eigenvalue weighted by Crippen LogP contribution is -2.48. The summed E-state index contributed by atoms with van der Waals surface area (Å²) < 4.78 is 5.20. The van der Waals surface area contributed by atoms with Gasteiger partial charge in [-0.25, -0.2) is 4.79 Å². The third-order valence-electron chi connectivity index (χ3n) is 4.11. The number of amides is 5. The predicted molar refractivity (Wildman–Crippen MR) is 93.0 cm³/mol. The van der Waals surface area contributed by atoms with Crippen LogP contribution in [-0.4, -0.2) is 35.3 Å². The normalized spacial score (nSPS) is 18.9. The summed E-state index contributed by atoms with van der Waals surface area (Å²) in [6.07, 6.45) is 1.28. The lowest BCUT2D eigenvalue weighted by atomic mass is 10.00. The van der Waals surface area contributed by atoms with E-state index in [9.17, 15) is 19.2 Å². The molecule has 2 heterocycles. The van der Waals surface area contributed by atoms with E-state index in [0.717, 1.165) is 0 Å². The van der Waals surface area contributed by atoms with Crippen molar-refractivity contribution in [3.8, 4) is 0 Å². The predicted octanol–water partition coefficient (Wildman–Crippen LogP) is 0.898. The zero-order valence-corrected chi connectivity index (χ0v) is 14.5. The minimum Gasteiger partial charge on any atom is -0.466 e. The van der Waals surface area contributed by atoms with Gasteiger partial charge in [0.05, 0.1) is 6.26 Å². The van der Waals surface area contributed by atoms with Crippen molar-refractivity contribution in [3.63, 3.8) is 0 Å². The van der Waals surface area contributed by atoms with Crippen LogP contribution in [0.4, 0.5) is 4.79 Å². The molecule has 1 aromatic carbocycles. The van der Waals surface area contributed by atoms with Crippen LogP contribution >= 0.6 is 0 Å². The molecular formula is C18H18N4O5. The standard InChI is InChI=1S/C18H18N4O5/c1-18(13-8-5-11-27-13)16(25)22(17(26)20-18)21-14(23)9-10-19-15(24)12-6-3-2-4-7-12/h2-8,11H,9-10H2,1H3,(H,19,24)(H,20,26)(H,21,23). The van der Waals surface area contributed by atoms with Crippen molar-refractivity contribution in [3.05, 3.63) is 60.1 Å². The van der Waals surface area contributed by atoms with Gasteiger partial charge in [-0.3, -0.25) is 19.8 Å². The molecule has 0 bridgehead atoms. The van der Waals surface area contributed by atoms with Gasteiger partial charge in [0.2, 0.25) is 5.91 Å². The molecule has 1 saturated heterocycles. The smallest absolute Gasteiger partial charge is 0.344 e. The molecule has 1 aliphatic rings. The maximum Gasteiger partial charge on any atom is 0.344 e. The number of nitrogens with one attached hydrogen (secondary N) is 3. The number of rotatable bonds is 6. The van der Waals surface area contributed by atoms with Crippen molar-refractivity contribution in [2.45, 2.75) is 18.9 Å². The van der Waals surface area contributed by atoms with Gasteiger partial charge in [0.25, 0.3) is 11.8 Å². The number of carbonyl (C=O) groups excluding carboxylic acids is 4. The molecule has 140 valence electrons. The first-order chi connectivity index (χ1) is 12.9. The Kier molecular flexibility index (Phi) is 4.93. The third kappa shape index (κ3) is 3.66. The maximum absolute atomic E-state index is 12.5. The number of hydrazine groups is 1. The number of carbonyl (C=O) groups is 4. The van der Waals surface area contributed by atoms with E-state index in [1.807, 2.05) is 0 Å². The number of furan rings is 1. The number of benzene rings is 1. The van der Waals surface area contributed by atoms with E-state index in [0.29, 0.717) is 10.6 Å². The van der Waals surface area contributed by atoms with Crippen LogP contribution in [0.15, 0.2) is 53.1 Å². The van der Waals surface area contributed by atoms with E-state index in [-0.39, 0.29) is 24.6 Å². The molecule has 0 spiro atoms. The van der Waals surface area contributed by atoms with Gasteiger partial charge in [0, 0.05) is 18.5 Å². The first-order valence-electron chi connectivity index (χ1n) is 8.25. The highest BCUT2D eigenvalue weighted by Gasteiger charge is 2.51. The summed E-state index contributed by atoms with van der Waals surface area (Å²) in [7, 11) is 0. The fourth-order valence-electron chi connectivity index (χ4n) is 2.63. The molecule has 1 aliphatic heterocycles. The van der Waals surface area contributed by atoms with Crippen LogP contribution in [0, 0.1) is 0 Å². The second-order valence-corrected chi connectivity index (χ2v) is 6.08. The number of urea groups is 1. The summed E-state index contributed by atoms with van der Waals surface area (Å²) in [5.74, 6) is -1.31. The topological polar surface area (TPSA) is 121 Å². The van der Waals surface area contributed by atoms with Gasteiger partial charge in [-0.15, -0.1) is 0 Å². The van der Waals surface area contributed by atoms with Gasteiger partial charge >= 0.3 is 6.03 Å². The van der Waals surface area contributed by atoms with E-state index in [4.69, 9.17) is 4.42 Å². The molecule has 1 unspecified atom stereocenters. The van der Waals surface area contributed by atoms with E-state index in [1.165, 1.54) is 13.2 Å². The monoisotopic (exact) mass is 370 g/mol. The zero-order chi connectivity index (χ0) is 19.4. The van der Waals surface area contributed by atoms with Gasteiger partial charge in [-0.2, -0.15) is 5.01 Å². The van der Waals surface area contributed by atoms with Crippen LogP contribution in [0.3, 0.4) is 0 Å². The van der Waals surface area contributed by atoms with E-state index >= 15 is 0 Å². The second-order valence-electron chi connectivity index (χ2n) is 6.08. The SMILES string of the molecule is CC1(c2ccco2)NC(=O)N(NC(=O)CCNC(=O)c2ccccc2)C1=O. The maximum atomic E-state index is 12.5. The largest absolute Gasteiger partial charge is 0.466 e. The fraction of sp³-hybridized carbons (Fsp3) is 0.222. The van der Waals surface area contributed by atoms with E-state index in [2.05, 4.69) is 16.1 Å². The molecule has 1 aromatic heterocycles. The van der Waals surface area contributed by atoms with Crippen molar-refractivity contribution < 1.29 is 23.6 Å².